The molecule has 0 saturated heterocycles. The molecule has 0 aliphatic heterocycles. The summed E-state index contributed by atoms with van der Waals surface area (Å²) < 4.78 is 4.85. The molecule has 0 fully saturated rings. The van der Waals surface area contributed by atoms with E-state index in [9.17, 15) is 5.11 Å². The summed E-state index contributed by atoms with van der Waals surface area (Å²) in [5.74, 6) is 0. The summed E-state index contributed by atoms with van der Waals surface area (Å²) in [6, 6.07) is 0. The molecule has 0 spiro atoms. The first-order valence-corrected chi connectivity index (χ1v) is 3.72. The Labute approximate surface area is 112 Å². The summed E-state index contributed by atoms with van der Waals surface area (Å²) in [6.45, 7) is 5.66. The number of hydrogen-bond donors (Lipinski definition) is 1. The molecule has 11 heavy (non-hydrogen) atoms. The minimum atomic E-state index is -0.135. The van der Waals surface area contributed by atoms with Crippen LogP contribution in [0.2, 0.25) is 0 Å². The van der Waals surface area contributed by atoms with Gasteiger partial charge in [0.2, 0.25) is 0 Å². The van der Waals surface area contributed by atoms with Crippen molar-refractivity contribution in [2.75, 3.05) is 33.4 Å². The van der Waals surface area contributed by atoms with Crippen molar-refractivity contribution in [2.24, 2.45) is 0 Å². The van der Waals surface area contributed by atoms with E-state index in [-0.39, 0.29) is 58.0 Å². The zero-order valence-electron chi connectivity index (χ0n) is 8.14. The summed E-state index contributed by atoms with van der Waals surface area (Å²) in [7, 11) is 1.85. The van der Waals surface area contributed by atoms with Crippen LogP contribution in [0, 0.1) is 0 Å². The average molecular weight is 187 g/mol. The Balaban J connectivity index is -0.000000196. The molecule has 0 aromatic rings. The maximum atomic E-state index is 9.75. The monoisotopic (exact) mass is 187 g/mol. The fraction of sp³-hybridized carbons (Fsp3) is 1.00. The van der Waals surface area contributed by atoms with Gasteiger partial charge in [0.15, 0.2) is 0 Å². The smallest absolute Gasteiger partial charge is 0.853 e. The molecule has 0 unspecified atom stereocenters. The average Bonchev–Trinajstić information content (AvgIpc) is 2.02. The van der Waals surface area contributed by atoms with E-state index in [1.807, 2.05) is 20.9 Å². The predicted octanol–water partition coefficient (Wildman–Crippen LogP) is -3.39. The van der Waals surface area contributed by atoms with Gasteiger partial charge in [-0.2, -0.15) is 0 Å². The van der Waals surface area contributed by atoms with E-state index in [0.29, 0.717) is 13.2 Å². The summed E-state index contributed by atoms with van der Waals surface area (Å²) in [4.78, 5) is 0. The first kappa shape index (κ1) is 18.3. The molecule has 0 aliphatic carbocycles. The molecule has 0 aromatic heterocycles. The van der Waals surface area contributed by atoms with Crippen LogP contribution in [0.5, 0.6) is 0 Å². The molecule has 0 atom stereocenters. The quantitative estimate of drug-likeness (QED) is 0.361. The third kappa shape index (κ3) is 24.6. The molecule has 0 heterocycles. The van der Waals surface area contributed by atoms with Crippen molar-refractivity contribution in [3.05, 3.63) is 0 Å². The number of nitrogens with one attached hydrogen (secondary N) is 1. The standard InChI is InChI=1S/C5H12NO2.C2H6.K/c1-6-2-4-8-5-3-7;1-2;/h6H,2-5H2,1H3;1-2H3;/q-1;;+1. The van der Waals surface area contributed by atoms with E-state index >= 15 is 0 Å². The van der Waals surface area contributed by atoms with Gasteiger partial charge in [0, 0.05) is 13.2 Å². The van der Waals surface area contributed by atoms with Crippen molar-refractivity contribution >= 4 is 0 Å². The largest absolute Gasteiger partial charge is 1.00 e. The number of likely N-dealkylation sites (N-methyl/N-ethyl adjacent to an activating group) is 1. The van der Waals surface area contributed by atoms with Gasteiger partial charge in [-0.1, -0.05) is 13.8 Å². The van der Waals surface area contributed by atoms with Gasteiger partial charge in [-0.25, -0.2) is 0 Å². The number of hydrogen-bond acceptors (Lipinski definition) is 3. The molecule has 0 radical (unpaired) electrons. The molecule has 0 amide bonds. The van der Waals surface area contributed by atoms with Crippen LogP contribution < -0.4 is 61.8 Å². The normalized spacial score (nSPS) is 7.64. The van der Waals surface area contributed by atoms with Crippen LogP contribution in [0.25, 0.3) is 0 Å². The summed E-state index contributed by atoms with van der Waals surface area (Å²) >= 11 is 0. The van der Waals surface area contributed by atoms with Gasteiger partial charge < -0.3 is 15.2 Å². The van der Waals surface area contributed by atoms with Crippen LogP contribution in [0.1, 0.15) is 13.8 Å². The van der Waals surface area contributed by atoms with E-state index in [1.54, 1.807) is 0 Å². The van der Waals surface area contributed by atoms with Crippen molar-refractivity contribution in [3.8, 4) is 0 Å². The Morgan fingerprint density at radius 2 is 1.82 bits per heavy atom. The van der Waals surface area contributed by atoms with Crippen LogP contribution in [-0.4, -0.2) is 33.4 Å². The summed E-state index contributed by atoms with van der Waals surface area (Å²) in [5.41, 5.74) is 0. The Morgan fingerprint density at radius 1 is 1.27 bits per heavy atom. The van der Waals surface area contributed by atoms with Crippen molar-refractivity contribution in [1.29, 1.82) is 0 Å². The Morgan fingerprint density at radius 3 is 2.18 bits per heavy atom. The Kier molecular flexibility index (Phi) is 37.6. The third-order valence-corrected chi connectivity index (χ3v) is 0.724. The van der Waals surface area contributed by atoms with Crippen LogP contribution >= 0.6 is 0 Å². The van der Waals surface area contributed by atoms with Gasteiger partial charge in [-0.15, -0.1) is 6.61 Å². The second-order valence-electron chi connectivity index (χ2n) is 1.42. The topological polar surface area (TPSA) is 44.3 Å². The van der Waals surface area contributed by atoms with Crippen molar-refractivity contribution in [3.63, 3.8) is 0 Å². The van der Waals surface area contributed by atoms with Crippen LogP contribution in [-0.2, 0) is 4.74 Å². The van der Waals surface area contributed by atoms with Gasteiger partial charge in [-0.3, -0.25) is 0 Å². The summed E-state index contributed by atoms with van der Waals surface area (Å²) in [5, 5.41) is 12.6. The van der Waals surface area contributed by atoms with Gasteiger partial charge in [0.05, 0.1) is 6.61 Å². The molecule has 64 valence electrons. The van der Waals surface area contributed by atoms with Crippen LogP contribution in [0.4, 0.5) is 0 Å². The number of rotatable bonds is 5. The van der Waals surface area contributed by atoms with Crippen molar-refractivity contribution in [2.45, 2.75) is 13.8 Å². The molecular weight excluding hydrogens is 169 g/mol. The third-order valence-electron chi connectivity index (χ3n) is 0.724. The second kappa shape index (κ2) is 22.5. The van der Waals surface area contributed by atoms with Gasteiger partial charge in [0.1, 0.15) is 0 Å². The molecular formula is C7H18KNO2. The van der Waals surface area contributed by atoms with Gasteiger partial charge in [0.25, 0.3) is 0 Å². The van der Waals surface area contributed by atoms with Crippen molar-refractivity contribution < 1.29 is 61.2 Å². The zero-order chi connectivity index (χ0) is 8.24. The second-order valence-corrected chi connectivity index (χ2v) is 1.42. The van der Waals surface area contributed by atoms with Crippen LogP contribution in [0.15, 0.2) is 0 Å². The van der Waals surface area contributed by atoms with Crippen molar-refractivity contribution in [1.82, 2.24) is 5.32 Å². The molecule has 3 nitrogen and oxygen atoms in total. The zero-order valence-corrected chi connectivity index (χ0v) is 11.3. The first-order valence-electron chi connectivity index (χ1n) is 3.72. The van der Waals surface area contributed by atoms with E-state index in [2.05, 4.69) is 5.32 Å². The first-order chi connectivity index (χ1) is 4.91. The molecule has 0 aliphatic rings. The molecule has 0 bridgehead atoms. The molecule has 0 rings (SSSR count). The van der Waals surface area contributed by atoms with E-state index in [4.69, 9.17) is 4.74 Å². The Hall–Kier alpha value is 1.52. The maximum Gasteiger partial charge on any atom is 1.00 e. The molecule has 1 N–H and O–H groups in total. The molecule has 4 heteroatoms. The minimum absolute atomic E-state index is 0. The van der Waals surface area contributed by atoms with E-state index in [1.165, 1.54) is 0 Å². The van der Waals surface area contributed by atoms with Gasteiger partial charge in [-0.05, 0) is 7.05 Å². The Bertz CT molecular complexity index is 41.4. The van der Waals surface area contributed by atoms with Crippen LogP contribution in [0.3, 0.4) is 0 Å². The summed E-state index contributed by atoms with van der Waals surface area (Å²) in [6.07, 6.45) is 0. The fourth-order valence-corrected chi connectivity index (χ4v) is 0.335. The van der Waals surface area contributed by atoms with Gasteiger partial charge >= 0.3 is 51.4 Å². The minimum Gasteiger partial charge on any atom is -0.853 e. The fourth-order valence-electron chi connectivity index (χ4n) is 0.335. The van der Waals surface area contributed by atoms with E-state index < -0.39 is 0 Å². The number of ether oxygens (including phenoxy) is 1. The molecule has 0 saturated carbocycles. The van der Waals surface area contributed by atoms with E-state index in [0.717, 1.165) is 6.54 Å². The molecule has 0 aromatic carbocycles. The SMILES string of the molecule is CC.CNCCOCC[O-].[K+]. The maximum absolute atomic E-state index is 9.75. The predicted molar refractivity (Wildman–Crippen MR) is 41.0 cm³/mol.